The van der Waals surface area contributed by atoms with Crippen molar-refractivity contribution in [3.8, 4) is 0 Å². The lowest BCUT2D eigenvalue weighted by atomic mass is 10.1. The molecule has 0 aliphatic carbocycles. The number of nitrogens with one attached hydrogen (secondary N) is 1. The Morgan fingerprint density at radius 3 is 2.82 bits per heavy atom. The van der Waals surface area contributed by atoms with E-state index >= 15 is 0 Å². The quantitative estimate of drug-likeness (QED) is 0.768. The summed E-state index contributed by atoms with van der Waals surface area (Å²) in [6.45, 7) is 10.7. The fourth-order valence-electron chi connectivity index (χ4n) is 1.62. The van der Waals surface area contributed by atoms with Crippen LogP contribution in [0, 0.1) is 0 Å². The highest BCUT2D eigenvalue weighted by molar-refractivity contribution is 5.44. The Hall–Kier alpha value is -1.09. The number of aryl methyl sites for hydroxylation is 1. The molecule has 0 bridgehead atoms. The molecular formula is C14H25N3. The Morgan fingerprint density at radius 2 is 2.18 bits per heavy atom. The minimum atomic E-state index is 0.206. The topological polar surface area (TPSA) is 29.9 Å². The van der Waals surface area contributed by atoms with Crippen molar-refractivity contribution in [1.29, 1.82) is 0 Å². The Balaban J connectivity index is 2.35. The molecule has 0 atom stereocenters. The molecule has 1 heterocycles. The molecule has 0 saturated heterocycles. The summed E-state index contributed by atoms with van der Waals surface area (Å²) in [5, 5.41) is 7.76. The van der Waals surface area contributed by atoms with Crippen LogP contribution in [0.15, 0.2) is 18.3 Å². The van der Waals surface area contributed by atoms with E-state index in [4.69, 9.17) is 0 Å². The summed E-state index contributed by atoms with van der Waals surface area (Å²) < 4.78 is 2.05. The summed E-state index contributed by atoms with van der Waals surface area (Å²) in [5.74, 6) is 0. The van der Waals surface area contributed by atoms with Crippen molar-refractivity contribution >= 4 is 6.08 Å². The van der Waals surface area contributed by atoms with Gasteiger partial charge in [-0.2, -0.15) is 5.10 Å². The average Bonchev–Trinajstić information content (AvgIpc) is 2.64. The van der Waals surface area contributed by atoms with Crippen molar-refractivity contribution in [2.45, 2.75) is 52.6 Å². The van der Waals surface area contributed by atoms with E-state index in [0.29, 0.717) is 0 Å². The highest BCUT2D eigenvalue weighted by Gasteiger charge is 2.06. The number of rotatable bonds is 6. The molecule has 1 rings (SSSR count). The number of nitrogens with zero attached hydrogens (tertiary/aromatic N) is 2. The predicted octanol–water partition coefficient (Wildman–Crippen LogP) is 3.08. The van der Waals surface area contributed by atoms with Crippen LogP contribution in [-0.2, 0) is 6.54 Å². The summed E-state index contributed by atoms with van der Waals surface area (Å²) in [5.41, 5.74) is 1.40. The standard InChI is InChI=1S/C14H25N3/c1-5-12-17-13(9-11-16-17)8-6-7-10-15-14(2,3)4/h6,8-9,11,15H,5,7,10,12H2,1-4H3. The zero-order valence-corrected chi connectivity index (χ0v) is 11.5. The SMILES string of the molecule is CCCn1nccc1C=CCCNC(C)(C)C. The van der Waals surface area contributed by atoms with Gasteiger partial charge in [0.1, 0.15) is 0 Å². The van der Waals surface area contributed by atoms with E-state index in [1.165, 1.54) is 5.69 Å². The molecule has 1 aromatic heterocycles. The number of hydrogen-bond acceptors (Lipinski definition) is 2. The van der Waals surface area contributed by atoms with Crippen LogP contribution < -0.4 is 5.32 Å². The van der Waals surface area contributed by atoms with Crippen molar-refractivity contribution in [1.82, 2.24) is 15.1 Å². The van der Waals surface area contributed by atoms with E-state index in [0.717, 1.165) is 25.9 Å². The lowest BCUT2D eigenvalue weighted by Crippen LogP contribution is -2.36. The minimum Gasteiger partial charge on any atom is -0.312 e. The molecule has 0 unspecified atom stereocenters. The third-order valence-corrected chi connectivity index (χ3v) is 2.44. The second-order valence-electron chi connectivity index (χ2n) is 5.35. The summed E-state index contributed by atoms with van der Waals surface area (Å²) in [6, 6.07) is 2.06. The van der Waals surface area contributed by atoms with Crippen LogP contribution in [0.1, 0.15) is 46.2 Å². The molecule has 1 aromatic rings. The van der Waals surface area contributed by atoms with Gasteiger partial charge in [-0.05, 0) is 52.3 Å². The van der Waals surface area contributed by atoms with Crippen LogP contribution in [0.4, 0.5) is 0 Å². The molecule has 3 nitrogen and oxygen atoms in total. The molecule has 0 amide bonds. The second kappa shape index (κ2) is 6.60. The van der Waals surface area contributed by atoms with Gasteiger partial charge < -0.3 is 5.32 Å². The zero-order chi connectivity index (χ0) is 12.7. The van der Waals surface area contributed by atoms with Gasteiger partial charge in [0.2, 0.25) is 0 Å². The van der Waals surface area contributed by atoms with Gasteiger partial charge in [0, 0.05) is 18.3 Å². The van der Waals surface area contributed by atoms with Gasteiger partial charge in [-0.3, -0.25) is 4.68 Å². The predicted molar refractivity (Wildman–Crippen MR) is 73.9 cm³/mol. The van der Waals surface area contributed by atoms with E-state index in [9.17, 15) is 0 Å². The van der Waals surface area contributed by atoms with Gasteiger partial charge in [-0.25, -0.2) is 0 Å². The highest BCUT2D eigenvalue weighted by atomic mass is 15.3. The fraction of sp³-hybridized carbons (Fsp3) is 0.643. The normalized spacial score (nSPS) is 12.5. The molecule has 0 fully saturated rings. The third kappa shape index (κ3) is 5.68. The maximum absolute atomic E-state index is 4.29. The third-order valence-electron chi connectivity index (χ3n) is 2.44. The Kier molecular flexibility index (Phi) is 5.42. The monoisotopic (exact) mass is 235 g/mol. The van der Waals surface area contributed by atoms with E-state index in [1.807, 2.05) is 10.9 Å². The lowest BCUT2D eigenvalue weighted by molar-refractivity contribution is 0.431. The molecule has 0 saturated carbocycles. The van der Waals surface area contributed by atoms with Crippen molar-refractivity contribution in [3.05, 3.63) is 24.0 Å². The van der Waals surface area contributed by atoms with Crippen molar-refractivity contribution in [2.75, 3.05) is 6.54 Å². The van der Waals surface area contributed by atoms with Crippen molar-refractivity contribution < 1.29 is 0 Å². The molecule has 0 spiro atoms. The first kappa shape index (κ1) is 14.0. The van der Waals surface area contributed by atoms with Crippen molar-refractivity contribution in [2.24, 2.45) is 0 Å². The second-order valence-corrected chi connectivity index (χ2v) is 5.35. The molecule has 0 aliphatic rings. The zero-order valence-electron chi connectivity index (χ0n) is 11.5. The van der Waals surface area contributed by atoms with Gasteiger partial charge in [0.25, 0.3) is 0 Å². The molecule has 96 valence electrons. The van der Waals surface area contributed by atoms with Crippen LogP contribution in [0.25, 0.3) is 6.08 Å². The largest absolute Gasteiger partial charge is 0.312 e. The molecule has 1 N–H and O–H groups in total. The van der Waals surface area contributed by atoms with Crippen LogP contribution in [0.5, 0.6) is 0 Å². The molecule has 0 aliphatic heterocycles. The van der Waals surface area contributed by atoms with Gasteiger partial charge in [-0.15, -0.1) is 0 Å². The molecule has 0 aromatic carbocycles. The first-order valence-corrected chi connectivity index (χ1v) is 6.46. The van der Waals surface area contributed by atoms with Crippen molar-refractivity contribution in [3.63, 3.8) is 0 Å². The van der Waals surface area contributed by atoms with E-state index in [2.05, 4.69) is 56.3 Å². The molecule has 17 heavy (non-hydrogen) atoms. The Bertz CT molecular complexity index is 345. The van der Waals surface area contributed by atoms with E-state index in [-0.39, 0.29) is 5.54 Å². The Labute approximate surface area is 105 Å². The summed E-state index contributed by atoms with van der Waals surface area (Å²) in [4.78, 5) is 0. The number of hydrogen-bond donors (Lipinski definition) is 1. The lowest BCUT2D eigenvalue weighted by Gasteiger charge is -2.19. The minimum absolute atomic E-state index is 0.206. The summed E-state index contributed by atoms with van der Waals surface area (Å²) >= 11 is 0. The van der Waals surface area contributed by atoms with Crippen LogP contribution in [-0.4, -0.2) is 21.9 Å². The average molecular weight is 235 g/mol. The maximum Gasteiger partial charge on any atom is 0.0606 e. The van der Waals surface area contributed by atoms with Gasteiger partial charge >= 0.3 is 0 Å². The van der Waals surface area contributed by atoms with Gasteiger partial charge in [0.15, 0.2) is 0 Å². The highest BCUT2D eigenvalue weighted by Crippen LogP contribution is 2.04. The fourth-order valence-corrected chi connectivity index (χ4v) is 1.62. The smallest absolute Gasteiger partial charge is 0.0606 e. The van der Waals surface area contributed by atoms with Gasteiger partial charge in [-0.1, -0.05) is 13.0 Å². The van der Waals surface area contributed by atoms with Crippen LogP contribution in [0.2, 0.25) is 0 Å². The first-order valence-electron chi connectivity index (χ1n) is 6.46. The maximum atomic E-state index is 4.29. The molecular weight excluding hydrogens is 210 g/mol. The molecule has 0 radical (unpaired) electrons. The molecule has 3 heteroatoms. The van der Waals surface area contributed by atoms with Gasteiger partial charge in [0.05, 0.1) is 5.69 Å². The summed E-state index contributed by atoms with van der Waals surface area (Å²) in [6.07, 6.45) is 8.40. The summed E-state index contributed by atoms with van der Waals surface area (Å²) in [7, 11) is 0. The number of aromatic nitrogens is 2. The van der Waals surface area contributed by atoms with Crippen LogP contribution in [0.3, 0.4) is 0 Å². The van der Waals surface area contributed by atoms with Crippen LogP contribution >= 0.6 is 0 Å². The van der Waals surface area contributed by atoms with E-state index in [1.54, 1.807) is 0 Å². The Morgan fingerprint density at radius 1 is 1.41 bits per heavy atom. The first-order chi connectivity index (χ1) is 8.03. The van der Waals surface area contributed by atoms with E-state index < -0.39 is 0 Å².